The molecule has 0 atom stereocenters. The highest BCUT2D eigenvalue weighted by atomic mass is 32.2. The van der Waals surface area contributed by atoms with E-state index < -0.39 is 0 Å². The van der Waals surface area contributed by atoms with Crippen LogP contribution in [0.25, 0.3) is 10.2 Å². The Morgan fingerprint density at radius 3 is 2.76 bits per heavy atom. The van der Waals surface area contributed by atoms with Crippen molar-refractivity contribution in [3.63, 3.8) is 0 Å². The summed E-state index contributed by atoms with van der Waals surface area (Å²) in [5, 5.41) is 4.42. The Hall–Kier alpha value is -1.39. The number of thiophene rings is 1. The van der Waals surface area contributed by atoms with Crippen molar-refractivity contribution >= 4 is 33.3 Å². The fraction of sp³-hybridized carbons (Fsp3) is 0.294. The van der Waals surface area contributed by atoms with Crippen LogP contribution in [0.3, 0.4) is 0 Å². The monoisotopic (exact) mass is 314 g/mol. The van der Waals surface area contributed by atoms with Crippen LogP contribution in [0.1, 0.15) is 31.2 Å². The third kappa shape index (κ3) is 3.63. The van der Waals surface area contributed by atoms with Crippen molar-refractivity contribution in [3.8, 4) is 0 Å². The number of thioether (sulfide) groups is 1. The lowest BCUT2D eigenvalue weighted by atomic mass is 10.2. The van der Waals surface area contributed by atoms with Crippen LogP contribution in [0.15, 0.2) is 46.8 Å². The molecule has 0 saturated carbocycles. The second-order valence-corrected chi connectivity index (χ2v) is 6.82. The fourth-order valence-corrected chi connectivity index (χ4v) is 3.99. The summed E-state index contributed by atoms with van der Waals surface area (Å²) in [6, 6.07) is 12.7. The average Bonchev–Trinajstić information content (AvgIpc) is 3.00. The SMILES string of the molecule is CCCCc1nc(SCc2ccccc2)c2ccsc2n1. The molecule has 3 rings (SSSR count). The van der Waals surface area contributed by atoms with Crippen molar-refractivity contribution in [2.75, 3.05) is 0 Å². The number of unbranched alkanes of at least 4 members (excludes halogenated alkanes) is 1. The summed E-state index contributed by atoms with van der Waals surface area (Å²) in [6.07, 6.45) is 3.31. The highest BCUT2D eigenvalue weighted by molar-refractivity contribution is 7.98. The standard InChI is InChI=1S/C17H18N2S2/c1-2-3-9-15-18-16-14(10-11-20-16)17(19-15)21-12-13-7-5-4-6-8-13/h4-8,10-11H,2-3,9,12H2,1H3. The van der Waals surface area contributed by atoms with Crippen LogP contribution in [0.2, 0.25) is 0 Å². The highest BCUT2D eigenvalue weighted by Gasteiger charge is 2.09. The van der Waals surface area contributed by atoms with Crippen molar-refractivity contribution in [3.05, 3.63) is 53.2 Å². The molecule has 0 radical (unpaired) electrons. The van der Waals surface area contributed by atoms with Gasteiger partial charge in [-0.2, -0.15) is 0 Å². The van der Waals surface area contributed by atoms with E-state index in [0.29, 0.717) is 0 Å². The van der Waals surface area contributed by atoms with E-state index in [1.165, 1.54) is 17.4 Å². The van der Waals surface area contributed by atoms with Gasteiger partial charge in [0.2, 0.25) is 0 Å². The quantitative estimate of drug-likeness (QED) is 0.454. The van der Waals surface area contributed by atoms with E-state index in [1.807, 2.05) is 11.8 Å². The predicted molar refractivity (Wildman–Crippen MR) is 92.0 cm³/mol. The Bertz CT molecular complexity index is 707. The molecule has 4 heteroatoms. The third-order valence-corrected chi connectivity index (χ3v) is 5.18. The summed E-state index contributed by atoms with van der Waals surface area (Å²) < 4.78 is 0. The summed E-state index contributed by atoms with van der Waals surface area (Å²) >= 11 is 3.52. The number of aryl methyl sites for hydroxylation is 1. The van der Waals surface area contributed by atoms with Crippen LogP contribution < -0.4 is 0 Å². The number of hydrogen-bond acceptors (Lipinski definition) is 4. The molecule has 0 aliphatic carbocycles. The molecule has 2 aromatic heterocycles. The van der Waals surface area contributed by atoms with Gasteiger partial charge in [-0.3, -0.25) is 0 Å². The van der Waals surface area contributed by atoms with Gasteiger partial charge in [0.1, 0.15) is 15.7 Å². The van der Waals surface area contributed by atoms with E-state index in [9.17, 15) is 0 Å². The second kappa shape index (κ2) is 7.05. The maximum absolute atomic E-state index is 4.78. The predicted octanol–water partition coefficient (Wildman–Crippen LogP) is 5.33. The first kappa shape index (κ1) is 14.5. The first-order chi connectivity index (χ1) is 10.4. The van der Waals surface area contributed by atoms with Gasteiger partial charge < -0.3 is 0 Å². The van der Waals surface area contributed by atoms with E-state index >= 15 is 0 Å². The van der Waals surface area contributed by atoms with E-state index in [0.717, 1.165) is 34.3 Å². The Kier molecular flexibility index (Phi) is 4.88. The Labute approximate surface area is 133 Å². The lowest BCUT2D eigenvalue weighted by Crippen LogP contribution is -1.97. The minimum absolute atomic E-state index is 0.954. The van der Waals surface area contributed by atoms with E-state index in [1.54, 1.807) is 11.3 Å². The molecule has 0 aliphatic rings. The van der Waals surface area contributed by atoms with Gasteiger partial charge in [0, 0.05) is 17.6 Å². The van der Waals surface area contributed by atoms with E-state index in [4.69, 9.17) is 4.98 Å². The third-order valence-electron chi connectivity index (χ3n) is 3.31. The van der Waals surface area contributed by atoms with Crippen molar-refractivity contribution in [1.29, 1.82) is 0 Å². The van der Waals surface area contributed by atoms with Crippen molar-refractivity contribution < 1.29 is 0 Å². The summed E-state index contributed by atoms with van der Waals surface area (Å²) in [7, 11) is 0. The maximum atomic E-state index is 4.78. The van der Waals surface area contributed by atoms with Crippen molar-refractivity contribution in [1.82, 2.24) is 9.97 Å². The molecule has 0 spiro atoms. The number of hydrogen-bond donors (Lipinski definition) is 0. The fourth-order valence-electron chi connectivity index (χ4n) is 2.15. The van der Waals surface area contributed by atoms with Crippen LogP contribution in [-0.4, -0.2) is 9.97 Å². The van der Waals surface area contributed by atoms with Crippen LogP contribution in [0.5, 0.6) is 0 Å². The molecule has 0 fully saturated rings. The summed E-state index contributed by atoms with van der Waals surface area (Å²) in [4.78, 5) is 10.6. The van der Waals surface area contributed by atoms with Gasteiger partial charge >= 0.3 is 0 Å². The number of aromatic nitrogens is 2. The molecule has 0 saturated heterocycles. The van der Waals surface area contributed by atoms with Crippen LogP contribution in [0.4, 0.5) is 0 Å². The molecule has 2 heterocycles. The van der Waals surface area contributed by atoms with Gasteiger partial charge in [-0.1, -0.05) is 43.7 Å². The van der Waals surface area contributed by atoms with Gasteiger partial charge in [0.15, 0.2) is 0 Å². The van der Waals surface area contributed by atoms with Gasteiger partial charge in [0.25, 0.3) is 0 Å². The minimum atomic E-state index is 0.954. The second-order valence-electron chi connectivity index (χ2n) is 4.96. The Morgan fingerprint density at radius 2 is 1.95 bits per heavy atom. The minimum Gasteiger partial charge on any atom is -0.226 e. The molecule has 0 bridgehead atoms. The number of benzene rings is 1. The van der Waals surface area contributed by atoms with Crippen LogP contribution >= 0.6 is 23.1 Å². The molecule has 0 unspecified atom stereocenters. The molecular formula is C17H18N2S2. The molecule has 108 valence electrons. The molecule has 0 amide bonds. The van der Waals surface area contributed by atoms with E-state index in [-0.39, 0.29) is 0 Å². The first-order valence-electron chi connectivity index (χ1n) is 7.27. The summed E-state index contributed by atoms with van der Waals surface area (Å²) in [5.41, 5.74) is 1.33. The number of fused-ring (bicyclic) bond motifs is 1. The zero-order chi connectivity index (χ0) is 14.5. The zero-order valence-electron chi connectivity index (χ0n) is 12.1. The topological polar surface area (TPSA) is 25.8 Å². The first-order valence-corrected chi connectivity index (χ1v) is 9.14. The van der Waals surface area contributed by atoms with Crippen molar-refractivity contribution in [2.24, 2.45) is 0 Å². The molecule has 0 N–H and O–H groups in total. The van der Waals surface area contributed by atoms with Crippen LogP contribution in [0, 0.1) is 0 Å². The van der Waals surface area contributed by atoms with E-state index in [2.05, 4.69) is 53.7 Å². The lowest BCUT2D eigenvalue weighted by Gasteiger charge is -2.06. The zero-order valence-corrected chi connectivity index (χ0v) is 13.7. The number of nitrogens with zero attached hydrogens (tertiary/aromatic N) is 2. The lowest BCUT2D eigenvalue weighted by molar-refractivity contribution is 0.748. The maximum Gasteiger partial charge on any atom is 0.131 e. The normalized spacial score (nSPS) is 11.1. The van der Waals surface area contributed by atoms with Crippen molar-refractivity contribution in [2.45, 2.75) is 37.0 Å². The summed E-state index contributed by atoms with van der Waals surface area (Å²) in [6.45, 7) is 2.20. The molecule has 2 nitrogen and oxygen atoms in total. The smallest absolute Gasteiger partial charge is 0.131 e. The molecular weight excluding hydrogens is 296 g/mol. The van der Waals surface area contributed by atoms with Gasteiger partial charge in [-0.05, 0) is 23.4 Å². The molecule has 21 heavy (non-hydrogen) atoms. The average molecular weight is 314 g/mol. The molecule has 3 aromatic rings. The molecule has 0 aliphatic heterocycles. The Balaban J connectivity index is 1.83. The Morgan fingerprint density at radius 1 is 1.10 bits per heavy atom. The van der Waals surface area contributed by atoms with Crippen LogP contribution in [-0.2, 0) is 12.2 Å². The molecule has 1 aromatic carbocycles. The van der Waals surface area contributed by atoms with Gasteiger partial charge in [-0.25, -0.2) is 9.97 Å². The van der Waals surface area contributed by atoms with Gasteiger partial charge in [-0.15, -0.1) is 23.1 Å². The largest absolute Gasteiger partial charge is 0.226 e. The highest BCUT2D eigenvalue weighted by Crippen LogP contribution is 2.30. The number of rotatable bonds is 6. The summed E-state index contributed by atoms with van der Waals surface area (Å²) in [5.74, 6) is 1.94. The van der Waals surface area contributed by atoms with Gasteiger partial charge in [0.05, 0.1) is 0 Å².